The van der Waals surface area contributed by atoms with Gasteiger partial charge in [0.05, 0.1) is 5.02 Å². The number of Topliss-reactive ketones (excluding diaryl/α,β-unsaturated/α-hetero) is 1. The van der Waals surface area contributed by atoms with Gasteiger partial charge in [-0.25, -0.2) is 0 Å². The zero-order chi connectivity index (χ0) is 13.8. The van der Waals surface area contributed by atoms with E-state index in [1.807, 2.05) is 26.0 Å². The molecule has 0 N–H and O–H groups in total. The highest BCUT2D eigenvalue weighted by atomic mass is 35.5. The second kappa shape index (κ2) is 6.56. The number of hydrogen-bond acceptors (Lipinski definition) is 1. The van der Waals surface area contributed by atoms with Gasteiger partial charge in [-0.15, -0.1) is 0 Å². The molecule has 19 heavy (non-hydrogen) atoms. The van der Waals surface area contributed by atoms with E-state index in [0.717, 1.165) is 11.1 Å². The summed E-state index contributed by atoms with van der Waals surface area (Å²) in [6, 6.07) is 3.87. The molecule has 0 bridgehead atoms. The molecule has 1 aliphatic carbocycles. The minimum absolute atomic E-state index is 0.222. The fourth-order valence-electron chi connectivity index (χ4n) is 2.93. The van der Waals surface area contributed by atoms with E-state index in [0.29, 0.717) is 22.9 Å². The summed E-state index contributed by atoms with van der Waals surface area (Å²) in [5.41, 5.74) is 3.01. The van der Waals surface area contributed by atoms with E-state index in [4.69, 9.17) is 11.6 Å². The molecule has 2 heteroatoms. The van der Waals surface area contributed by atoms with Crippen LogP contribution in [0.15, 0.2) is 12.1 Å². The van der Waals surface area contributed by atoms with Crippen molar-refractivity contribution in [1.29, 1.82) is 0 Å². The molecule has 1 nitrogen and oxygen atoms in total. The summed E-state index contributed by atoms with van der Waals surface area (Å²) in [6.45, 7) is 4.06. The predicted molar refractivity (Wildman–Crippen MR) is 81.1 cm³/mol. The molecule has 104 valence electrons. The molecule has 1 saturated carbocycles. The Labute approximate surface area is 121 Å². The summed E-state index contributed by atoms with van der Waals surface area (Å²) in [7, 11) is 0. The normalized spacial score (nSPS) is 17.2. The molecule has 1 fully saturated rings. The van der Waals surface area contributed by atoms with E-state index in [1.54, 1.807) is 0 Å². The van der Waals surface area contributed by atoms with Crippen molar-refractivity contribution >= 4 is 17.4 Å². The van der Waals surface area contributed by atoms with Crippen LogP contribution in [0.2, 0.25) is 5.02 Å². The summed E-state index contributed by atoms with van der Waals surface area (Å²) in [5.74, 6) is 0.785. The standard InChI is InChI=1S/C17H23ClO/c1-12-9-15(16(18)10-13(12)2)17(19)11-14-7-5-3-4-6-8-14/h9-10,14H,3-8,11H2,1-2H3. The molecule has 0 spiro atoms. The number of aryl methyl sites for hydroxylation is 2. The first-order chi connectivity index (χ1) is 9.08. The smallest absolute Gasteiger partial charge is 0.164 e. The zero-order valence-corrected chi connectivity index (χ0v) is 12.7. The van der Waals surface area contributed by atoms with E-state index in [9.17, 15) is 4.79 Å². The average molecular weight is 279 g/mol. The fraction of sp³-hybridized carbons (Fsp3) is 0.588. The summed E-state index contributed by atoms with van der Waals surface area (Å²) in [4.78, 5) is 12.4. The predicted octanol–water partition coefficient (Wildman–Crippen LogP) is 5.50. The third-order valence-corrected chi connectivity index (χ3v) is 4.65. The molecule has 0 radical (unpaired) electrons. The van der Waals surface area contributed by atoms with Crippen LogP contribution in [0.25, 0.3) is 0 Å². The number of halogens is 1. The molecule has 0 heterocycles. The van der Waals surface area contributed by atoms with Crippen molar-refractivity contribution in [3.8, 4) is 0 Å². The van der Waals surface area contributed by atoms with Crippen molar-refractivity contribution in [2.45, 2.75) is 58.8 Å². The van der Waals surface area contributed by atoms with E-state index in [-0.39, 0.29) is 5.78 Å². The van der Waals surface area contributed by atoms with Crippen LogP contribution >= 0.6 is 11.6 Å². The third kappa shape index (κ3) is 3.82. The van der Waals surface area contributed by atoms with Gasteiger partial charge in [-0.1, -0.05) is 50.1 Å². The largest absolute Gasteiger partial charge is 0.294 e. The molecule has 2 rings (SSSR count). The van der Waals surface area contributed by atoms with Crippen molar-refractivity contribution < 1.29 is 4.79 Å². The third-order valence-electron chi connectivity index (χ3n) is 4.33. The lowest BCUT2D eigenvalue weighted by atomic mass is 9.91. The second-order valence-corrected chi connectivity index (χ2v) is 6.31. The van der Waals surface area contributed by atoms with Crippen molar-refractivity contribution in [3.63, 3.8) is 0 Å². The van der Waals surface area contributed by atoms with Crippen LogP contribution in [0.3, 0.4) is 0 Å². The molecular formula is C17H23ClO. The maximum atomic E-state index is 12.4. The van der Waals surface area contributed by atoms with E-state index in [2.05, 4.69) is 0 Å². The Bertz CT molecular complexity index is 457. The van der Waals surface area contributed by atoms with Crippen LogP contribution < -0.4 is 0 Å². The first-order valence-electron chi connectivity index (χ1n) is 7.38. The van der Waals surface area contributed by atoms with Crippen molar-refractivity contribution in [3.05, 3.63) is 33.8 Å². The lowest BCUT2D eigenvalue weighted by Crippen LogP contribution is -2.09. The number of hydrogen-bond donors (Lipinski definition) is 0. The van der Waals surface area contributed by atoms with Crippen molar-refractivity contribution in [2.24, 2.45) is 5.92 Å². The number of ketones is 1. The molecule has 0 atom stereocenters. The van der Waals surface area contributed by atoms with Gasteiger partial charge in [0.2, 0.25) is 0 Å². The first kappa shape index (κ1) is 14.6. The van der Waals surface area contributed by atoms with Gasteiger partial charge in [0.25, 0.3) is 0 Å². The lowest BCUT2D eigenvalue weighted by Gasteiger charge is -2.14. The molecule has 0 amide bonds. The molecule has 0 unspecified atom stereocenters. The Kier molecular flexibility index (Phi) is 5.04. The van der Waals surface area contributed by atoms with Gasteiger partial charge in [0.15, 0.2) is 5.78 Å². The van der Waals surface area contributed by atoms with Gasteiger partial charge in [-0.2, -0.15) is 0 Å². The van der Waals surface area contributed by atoms with E-state index < -0.39 is 0 Å². The maximum Gasteiger partial charge on any atom is 0.164 e. The Balaban J connectivity index is 2.08. The first-order valence-corrected chi connectivity index (χ1v) is 7.75. The SMILES string of the molecule is Cc1cc(Cl)c(C(=O)CC2CCCCCC2)cc1C. The van der Waals surface area contributed by atoms with Gasteiger partial charge in [-0.3, -0.25) is 4.79 Å². The van der Waals surface area contributed by atoms with Gasteiger partial charge in [-0.05, 0) is 43.0 Å². The van der Waals surface area contributed by atoms with Crippen LogP contribution in [0.1, 0.15) is 66.4 Å². The second-order valence-electron chi connectivity index (χ2n) is 5.90. The quantitative estimate of drug-likeness (QED) is 0.527. The fourth-order valence-corrected chi connectivity index (χ4v) is 3.26. The Morgan fingerprint density at radius 1 is 1.11 bits per heavy atom. The number of rotatable bonds is 3. The molecule has 0 saturated heterocycles. The van der Waals surface area contributed by atoms with Gasteiger partial charge in [0.1, 0.15) is 0 Å². The average Bonchev–Trinajstić information content (AvgIpc) is 2.62. The number of benzene rings is 1. The Morgan fingerprint density at radius 2 is 1.68 bits per heavy atom. The van der Waals surface area contributed by atoms with Gasteiger partial charge >= 0.3 is 0 Å². The molecule has 1 aliphatic rings. The maximum absolute atomic E-state index is 12.4. The topological polar surface area (TPSA) is 17.1 Å². The summed E-state index contributed by atoms with van der Waals surface area (Å²) < 4.78 is 0. The van der Waals surface area contributed by atoms with Crippen LogP contribution in [0, 0.1) is 19.8 Å². The van der Waals surface area contributed by atoms with Crippen molar-refractivity contribution in [2.75, 3.05) is 0 Å². The molecular weight excluding hydrogens is 256 g/mol. The monoisotopic (exact) mass is 278 g/mol. The van der Waals surface area contributed by atoms with E-state index >= 15 is 0 Å². The molecule has 1 aromatic carbocycles. The Morgan fingerprint density at radius 3 is 2.32 bits per heavy atom. The zero-order valence-electron chi connectivity index (χ0n) is 12.0. The van der Waals surface area contributed by atoms with Crippen LogP contribution in [0.5, 0.6) is 0 Å². The molecule has 0 aliphatic heterocycles. The van der Waals surface area contributed by atoms with Crippen molar-refractivity contribution in [1.82, 2.24) is 0 Å². The van der Waals surface area contributed by atoms with Crippen LogP contribution in [0.4, 0.5) is 0 Å². The minimum Gasteiger partial charge on any atom is -0.294 e. The Hall–Kier alpha value is -0.820. The summed E-state index contributed by atoms with van der Waals surface area (Å²) >= 11 is 6.23. The van der Waals surface area contributed by atoms with Gasteiger partial charge in [0, 0.05) is 12.0 Å². The van der Waals surface area contributed by atoms with E-state index in [1.165, 1.54) is 38.5 Å². The number of carbonyl (C=O) groups excluding carboxylic acids is 1. The number of carbonyl (C=O) groups is 1. The molecule has 0 aromatic heterocycles. The minimum atomic E-state index is 0.222. The van der Waals surface area contributed by atoms with Crippen LogP contribution in [-0.4, -0.2) is 5.78 Å². The highest BCUT2D eigenvalue weighted by molar-refractivity contribution is 6.34. The molecule has 1 aromatic rings. The lowest BCUT2D eigenvalue weighted by molar-refractivity contribution is 0.0957. The summed E-state index contributed by atoms with van der Waals surface area (Å²) in [5, 5.41) is 0.613. The highest BCUT2D eigenvalue weighted by Crippen LogP contribution is 2.29. The van der Waals surface area contributed by atoms with Crippen LogP contribution in [-0.2, 0) is 0 Å². The highest BCUT2D eigenvalue weighted by Gasteiger charge is 2.19. The van der Waals surface area contributed by atoms with Gasteiger partial charge < -0.3 is 0 Å². The summed E-state index contributed by atoms with van der Waals surface area (Å²) in [6.07, 6.45) is 8.28.